The minimum atomic E-state index is -3.71. The molecule has 118 valence electrons. The molecule has 0 atom stereocenters. The van der Waals surface area contributed by atoms with E-state index in [1.165, 1.54) is 12.1 Å². The van der Waals surface area contributed by atoms with Crippen molar-refractivity contribution in [2.75, 3.05) is 19.0 Å². The molecule has 0 bridgehead atoms. The van der Waals surface area contributed by atoms with Crippen LogP contribution in [0.2, 0.25) is 5.02 Å². The number of anilines is 1. The average molecular weight is 341 g/mol. The van der Waals surface area contributed by atoms with Crippen molar-refractivity contribution in [3.05, 3.63) is 46.9 Å². The quantitative estimate of drug-likeness (QED) is 0.900. The molecule has 1 aromatic carbocycles. The molecule has 0 radical (unpaired) electrons. The highest BCUT2D eigenvalue weighted by atomic mass is 35.5. The van der Waals surface area contributed by atoms with E-state index in [4.69, 9.17) is 11.6 Å². The maximum atomic E-state index is 12.3. The van der Waals surface area contributed by atoms with Crippen LogP contribution in [-0.2, 0) is 16.6 Å². The van der Waals surface area contributed by atoms with Crippen LogP contribution in [0.3, 0.4) is 0 Å². The Balaban J connectivity index is 2.21. The predicted octanol–water partition coefficient (Wildman–Crippen LogP) is 1.98. The number of nitrogens with one attached hydrogen (secondary N) is 1. The van der Waals surface area contributed by atoms with E-state index in [0.29, 0.717) is 5.82 Å². The standard InChI is InChI=1S/C14H17ClN4O2S/c1-10-8-14(19(2)3)18-13(17-10)9-16-22(20,21)12-7-5-4-6-11(12)15/h4-8,16H,9H2,1-3H3. The van der Waals surface area contributed by atoms with Gasteiger partial charge in [0.1, 0.15) is 16.5 Å². The summed E-state index contributed by atoms with van der Waals surface area (Å²) in [6, 6.07) is 8.10. The third-order valence-electron chi connectivity index (χ3n) is 2.89. The van der Waals surface area contributed by atoms with Crippen LogP contribution in [-0.4, -0.2) is 32.5 Å². The Bertz CT molecular complexity index is 778. The maximum absolute atomic E-state index is 12.3. The maximum Gasteiger partial charge on any atom is 0.242 e. The molecular formula is C14H17ClN4O2S. The Morgan fingerprint density at radius 3 is 2.55 bits per heavy atom. The van der Waals surface area contributed by atoms with Gasteiger partial charge in [-0.25, -0.2) is 23.1 Å². The van der Waals surface area contributed by atoms with Gasteiger partial charge in [-0.05, 0) is 19.1 Å². The number of rotatable bonds is 5. The zero-order valence-electron chi connectivity index (χ0n) is 12.5. The smallest absolute Gasteiger partial charge is 0.242 e. The van der Waals surface area contributed by atoms with Gasteiger partial charge in [0.2, 0.25) is 10.0 Å². The molecule has 1 heterocycles. The first-order chi connectivity index (χ1) is 10.3. The molecule has 6 nitrogen and oxygen atoms in total. The van der Waals surface area contributed by atoms with E-state index in [0.717, 1.165) is 11.5 Å². The second-order valence-electron chi connectivity index (χ2n) is 4.93. The van der Waals surface area contributed by atoms with E-state index in [-0.39, 0.29) is 16.5 Å². The van der Waals surface area contributed by atoms with E-state index in [9.17, 15) is 8.42 Å². The molecule has 0 fully saturated rings. The van der Waals surface area contributed by atoms with E-state index in [1.807, 2.05) is 32.0 Å². The highest BCUT2D eigenvalue weighted by Crippen LogP contribution is 2.20. The Kier molecular flexibility index (Phi) is 5.00. The summed E-state index contributed by atoms with van der Waals surface area (Å²) in [5.41, 5.74) is 0.769. The van der Waals surface area contributed by atoms with Crippen molar-refractivity contribution >= 4 is 27.4 Å². The number of hydrogen-bond acceptors (Lipinski definition) is 5. The molecule has 0 saturated carbocycles. The summed E-state index contributed by atoms with van der Waals surface area (Å²) < 4.78 is 27.0. The Morgan fingerprint density at radius 2 is 1.91 bits per heavy atom. The van der Waals surface area contributed by atoms with Crippen molar-refractivity contribution in [1.82, 2.24) is 14.7 Å². The molecule has 0 aliphatic rings. The molecule has 2 rings (SSSR count). The van der Waals surface area contributed by atoms with Crippen molar-refractivity contribution in [1.29, 1.82) is 0 Å². The van der Waals surface area contributed by atoms with Gasteiger partial charge in [-0.2, -0.15) is 0 Å². The van der Waals surface area contributed by atoms with Gasteiger partial charge in [0.05, 0.1) is 11.6 Å². The lowest BCUT2D eigenvalue weighted by Crippen LogP contribution is -2.25. The summed E-state index contributed by atoms with van der Waals surface area (Å²) in [6.07, 6.45) is 0. The number of aryl methyl sites for hydroxylation is 1. The topological polar surface area (TPSA) is 75.2 Å². The highest BCUT2D eigenvalue weighted by molar-refractivity contribution is 7.89. The molecule has 0 amide bonds. The molecule has 0 spiro atoms. The number of sulfonamides is 1. The summed E-state index contributed by atoms with van der Waals surface area (Å²) in [5, 5.41) is 0.175. The van der Waals surface area contributed by atoms with E-state index in [2.05, 4.69) is 14.7 Å². The number of aromatic nitrogens is 2. The normalized spacial score (nSPS) is 11.5. The van der Waals surface area contributed by atoms with E-state index in [1.54, 1.807) is 12.1 Å². The minimum Gasteiger partial charge on any atom is -0.363 e. The lowest BCUT2D eigenvalue weighted by atomic mass is 10.4. The zero-order valence-corrected chi connectivity index (χ0v) is 14.1. The molecule has 0 aliphatic heterocycles. The third-order valence-corrected chi connectivity index (χ3v) is 4.79. The first kappa shape index (κ1) is 16.7. The fourth-order valence-corrected chi connectivity index (χ4v) is 3.32. The van der Waals surface area contributed by atoms with Gasteiger partial charge in [-0.1, -0.05) is 23.7 Å². The minimum absolute atomic E-state index is 0.00389. The Hall–Kier alpha value is -1.70. The SMILES string of the molecule is Cc1cc(N(C)C)nc(CNS(=O)(=O)c2ccccc2Cl)n1. The van der Waals surface area contributed by atoms with Gasteiger partial charge in [0.15, 0.2) is 0 Å². The Labute approximate surface area is 135 Å². The van der Waals surface area contributed by atoms with Crippen molar-refractivity contribution in [2.45, 2.75) is 18.4 Å². The largest absolute Gasteiger partial charge is 0.363 e. The number of benzene rings is 1. The molecule has 0 unspecified atom stereocenters. The molecule has 0 aliphatic carbocycles. The number of nitrogens with zero attached hydrogens (tertiary/aromatic N) is 3. The number of hydrogen-bond donors (Lipinski definition) is 1. The second kappa shape index (κ2) is 6.60. The summed E-state index contributed by atoms with van der Waals surface area (Å²) in [6.45, 7) is 1.83. The van der Waals surface area contributed by atoms with Gasteiger partial charge in [-0.3, -0.25) is 0 Å². The molecule has 22 heavy (non-hydrogen) atoms. The first-order valence-corrected chi connectivity index (χ1v) is 8.42. The Morgan fingerprint density at radius 1 is 1.23 bits per heavy atom. The second-order valence-corrected chi connectivity index (χ2v) is 7.08. The monoisotopic (exact) mass is 340 g/mol. The van der Waals surface area contributed by atoms with Crippen LogP contribution in [0.4, 0.5) is 5.82 Å². The van der Waals surface area contributed by atoms with Crippen LogP contribution in [0.5, 0.6) is 0 Å². The fraction of sp³-hybridized carbons (Fsp3) is 0.286. The van der Waals surface area contributed by atoms with Crippen LogP contribution in [0, 0.1) is 6.92 Å². The molecule has 1 aromatic heterocycles. The van der Waals surface area contributed by atoms with E-state index >= 15 is 0 Å². The molecule has 0 saturated heterocycles. The van der Waals surface area contributed by atoms with Gasteiger partial charge in [0, 0.05) is 25.9 Å². The lowest BCUT2D eigenvalue weighted by Gasteiger charge is -2.13. The molecule has 8 heteroatoms. The molecule has 2 aromatic rings. The van der Waals surface area contributed by atoms with Gasteiger partial charge in [-0.15, -0.1) is 0 Å². The van der Waals surface area contributed by atoms with Gasteiger partial charge < -0.3 is 4.90 Å². The number of halogens is 1. The first-order valence-electron chi connectivity index (χ1n) is 6.55. The van der Waals surface area contributed by atoms with Crippen molar-refractivity contribution in [2.24, 2.45) is 0 Å². The lowest BCUT2D eigenvalue weighted by molar-refractivity contribution is 0.579. The summed E-state index contributed by atoms with van der Waals surface area (Å²) in [4.78, 5) is 10.4. The molecule has 1 N–H and O–H groups in total. The van der Waals surface area contributed by atoms with Crippen LogP contribution in [0.25, 0.3) is 0 Å². The van der Waals surface area contributed by atoms with Crippen molar-refractivity contribution in [3.63, 3.8) is 0 Å². The van der Waals surface area contributed by atoms with Gasteiger partial charge in [0.25, 0.3) is 0 Å². The summed E-state index contributed by atoms with van der Waals surface area (Å²) in [5.74, 6) is 1.12. The van der Waals surface area contributed by atoms with Crippen molar-refractivity contribution < 1.29 is 8.42 Å². The fourth-order valence-electron chi connectivity index (χ4n) is 1.82. The third kappa shape index (κ3) is 3.94. The van der Waals surface area contributed by atoms with Crippen LogP contribution >= 0.6 is 11.6 Å². The predicted molar refractivity (Wildman–Crippen MR) is 86.6 cm³/mol. The van der Waals surface area contributed by atoms with Gasteiger partial charge >= 0.3 is 0 Å². The highest BCUT2D eigenvalue weighted by Gasteiger charge is 2.17. The van der Waals surface area contributed by atoms with Crippen LogP contribution in [0.1, 0.15) is 11.5 Å². The van der Waals surface area contributed by atoms with Crippen LogP contribution < -0.4 is 9.62 Å². The average Bonchev–Trinajstić information content (AvgIpc) is 2.45. The van der Waals surface area contributed by atoms with Crippen molar-refractivity contribution in [3.8, 4) is 0 Å². The summed E-state index contributed by atoms with van der Waals surface area (Å²) >= 11 is 5.93. The zero-order chi connectivity index (χ0) is 16.3. The summed E-state index contributed by atoms with van der Waals surface area (Å²) in [7, 11) is 0.0105. The van der Waals surface area contributed by atoms with E-state index < -0.39 is 10.0 Å². The van der Waals surface area contributed by atoms with Crippen LogP contribution in [0.15, 0.2) is 35.2 Å². The molecular weight excluding hydrogens is 324 g/mol.